The first kappa shape index (κ1) is 32.6. The quantitative estimate of drug-likeness (QED) is 0.298. The van der Waals surface area contributed by atoms with E-state index in [2.05, 4.69) is 20.6 Å². The molecule has 0 bridgehead atoms. The van der Waals surface area contributed by atoms with Crippen LogP contribution in [0.15, 0.2) is 36.4 Å². The smallest absolute Gasteiger partial charge is 0.407 e. The average Bonchev–Trinajstić information content (AvgIpc) is 3.54. The van der Waals surface area contributed by atoms with Crippen LogP contribution in [0.4, 0.5) is 4.79 Å². The fraction of sp³-hybridized carbons (Fsp3) is 0.448. The van der Waals surface area contributed by atoms with E-state index in [1.807, 2.05) is 0 Å². The zero-order valence-corrected chi connectivity index (χ0v) is 26.7. The van der Waals surface area contributed by atoms with Crippen LogP contribution < -0.4 is 10.6 Å². The fourth-order valence-electron chi connectivity index (χ4n) is 4.83. The number of benzene rings is 2. The number of halogens is 2. The third kappa shape index (κ3) is 8.84. The number of alkyl carbamates (subject to hydrolysis) is 1. The van der Waals surface area contributed by atoms with Crippen molar-refractivity contribution in [1.29, 1.82) is 0 Å². The van der Waals surface area contributed by atoms with Crippen LogP contribution in [0, 0.1) is 0 Å². The van der Waals surface area contributed by atoms with E-state index >= 15 is 0 Å². The number of nitrogens with zero attached hydrogens (tertiary/aromatic N) is 2. The summed E-state index contributed by atoms with van der Waals surface area (Å²) in [5.74, 6) is -0.618. The number of carbonyl (C=O) groups is 3. The van der Waals surface area contributed by atoms with Crippen molar-refractivity contribution in [2.45, 2.75) is 57.7 Å². The lowest BCUT2D eigenvalue weighted by Gasteiger charge is -2.26. The first-order valence-corrected chi connectivity index (χ1v) is 16.6. The molecule has 3 N–H and O–H groups in total. The maximum absolute atomic E-state index is 13.4. The van der Waals surface area contributed by atoms with Crippen molar-refractivity contribution in [3.8, 4) is 0 Å². The molecule has 232 valence electrons. The molecule has 11 nitrogen and oxygen atoms in total. The van der Waals surface area contributed by atoms with E-state index in [0.29, 0.717) is 34.8 Å². The number of nitrogens with one attached hydrogen (secondary N) is 3. The highest BCUT2D eigenvalue weighted by Gasteiger charge is 2.31. The van der Waals surface area contributed by atoms with Gasteiger partial charge in [0.05, 0.1) is 33.4 Å². The lowest BCUT2D eigenvalue weighted by molar-refractivity contribution is 0.0501. The highest BCUT2D eigenvalue weighted by Crippen LogP contribution is 2.26. The lowest BCUT2D eigenvalue weighted by atomic mass is 10.1. The summed E-state index contributed by atoms with van der Waals surface area (Å²) in [6.45, 7) is 6.06. The minimum atomic E-state index is -3.32. The van der Waals surface area contributed by atoms with Crippen molar-refractivity contribution in [1.82, 2.24) is 25.5 Å². The van der Waals surface area contributed by atoms with Crippen LogP contribution in [0.3, 0.4) is 0 Å². The van der Waals surface area contributed by atoms with Gasteiger partial charge < -0.3 is 25.3 Å². The number of hydrogen-bond acceptors (Lipinski definition) is 7. The van der Waals surface area contributed by atoms with Crippen molar-refractivity contribution in [3.05, 3.63) is 63.4 Å². The van der Waals surface area contributed by atoms with Gasteiger partial charge in [-0.05, 0) is 76.4 Å². The van der Waals surface area contributed by atoms with Gasteiger partial charge in [-0.2, -0.15) is 0 Å². The molecule has 1 fully saturated rings. The fourth-order valence-corrected chi connectivity index (χ4v) is 5.93. The number of ether oxygens (including phenoxy) is 1. The monoisotopic (exact) mass is 651 g/mol. The lowest BCUT2D eigenvalue weighted by Crippen LogP contribution is -2.44. The summed E-state index contributed by atoms with van der Waals surface area (Å²) >= 11 is 12.6. The minimum Gasteiger partial charge on any atom is -0.444 e. The molecule has 1 aliphatic rings. The molecular formula is C29H35Cl2N5O6S. The van der Waals surface area contributed by atoms with Gasteiger partial charge in [0.15, 0.2) is 0 Å². The molecular weight excluding hydrogens is 617 g/mol. The van der Waals surface area contributed by atoms with Crippen LogP contribution in [0.2, 0.25) is 10.0 Å². The number of likely N-dealkylation sites (tertiary alicyclic amines) is 1. The van der Waals surface area contributed by atoms with E-state index in [1.54, 1.807) is 43.9 Å². The number of fused-ring (bicyclic) bond motifs is 1. The van der Waals surface area contributed by atoms with Gasteiger partial charge in [-0.3, -0.25) is 9.59 Å². The Morgan fingerprint density at radius 1 is 1.16 bits per heavy atom. The number of amides is 3. The maximum Gasteiger partial charge on any atom is 0.407 e. The molecule has 1 aliphatic heterocycles. The van der Waals surface area contributed by atoms with Crippen LogP contribution in [0.25, 0.3) is 11.0 Å². The Kier molecular flexibility index (Phi) is 9.93. The number of aromatic nitrogens is 2. The Labute approximate surface area is 260 Å². The summed E-state index contributed by atoms with van der Waals surface area (Å²) in [4.78, 5) is 48.1. The van der Waals surface area contributed by atoms with Crippen LogP contribution in [-0.4, -0.2) is 77.9 Å². The van der Waals surface area contributed by atoms with Crippen molar-refractivity contribution in [2.24, 2.45) is 0 Å². The van der Waals surface area contributed by atoms with E-state index in [-0.39, 0.29) is 46.8 Å². The highest BCUT2D eigenvalue weighted by molar-refractivity contribution is 7.90. The second-order valence-electron chi connectivity index (χ2n) is 11.6. The molecule has 2 aromatic carbocycles. The van der Waals surface area contributed by atoms with Gasteiger partial charge in [0.1, 0.15) is 21.3 Å². The molecule has 3 amide bonds. The van der Waals surface area contributed by atoms with Crippen LogP contribution >= 0.6 is 23.2 Å². The van der Waals surface area contributed by atoms with E-state index in [1.165, 1.54) is 18.2 Å². The molecule has 0 spiro atoms. The average molecular weight is 653 g/mol. The van der Waals surface area contributed by atoms with Gasteiger partial charge in [-0.1, -0.05) is 23.2 Å². The molecule has 2 atom stereocenters. The summed E-state index contributed by atoms with van der Waals surface area (Å²) in [5.41, 5.74) is 1.05. The predicted molar refractivity (Wildman–Crippen MR) is 165 cm³/mol. The normalized spacial score (nSPS) is 16.2. The van der Waals surface area contributed by atoms with Crippen LogP contribution in [0.5, 0.6) is 0 Å². The summed E-state index contributed by atoms with van der Waals surface area (Å²) in [7, 11) is -3.32. The maximum atomic E-state index is 13.4. The number of sulfone groups is 1. The van der Waals surface area contributed by atoms with E-state index < -0.39 is 33.5 Å². The molecule has 1 aromatic heterocycles. The molecule has 43 heavy (non-hydrogen) atoms. The molecule has 0 saturated carbocycles. The Hall–Kier alpha value is -3.35. The van der Waals surface area contributed by atoms with Gasteiger partial charge in [0, 0.05) is 36.0 Å². The third-order valence-electron chi connectivity index (χ3n) is 6.86. The Balaban J connectivity index is 1.47. The third-order valence-corrected chi connectivity index (χ3v) is 8.38. The van der Waals surface area contributed by atoms with Gasteiger partial charge >= 0.3 is 6.09 Å². The summed E-state index contributed by atoms with van der Waals surface area (Å²) in [6, 6.07) is 8.50. The van der Waals surface area contributed by atoms with Crippen LogP contribution in [-0.2, 0) is 14.6 Å². The molecule has 3 aromatic rings. The standard InChI is InChI=1S/C29H35Cl2N5O6S/c1-29(2,3)42-28(39)32-16-19-6-5-12-36(19)27(38)20-9-7-17(14-21(20)31)26(37)35-23(11-13-43(4,40)41)25-33-22-10-8-18(30)15-24(22)34-25/h7-10,14-15,19,23H,5-6,11-13,16H2,1-4H3,(H,32,39)(H,33,34)(H,35,37)/t19?,23-/m0/s1. The summed E-state index contributed by atoms with van der Waals surface area (Å²) < 4.78 is 29.1. The first-order valence-electron chi connectivity index (χ1n) is 13.8. The number of aromatic amines is 1. The molecule has 0 aliphatic carbocycles. The minimum absolute atomic E-state index is 0.0795. The second kappa shape index (κ2) is 13.1. The van der Waals surface area contributed by atoms with Crippen molar-refractivity contribution in [3.63, 3.8) is 0 Å². The predicted octanol–water partition coefficient (Wildman–Crippen LogP) is 4.90. The Morgan fingerprint density at radius 2 is 1.91 bits per heavy atom. The number of imidazole rings is 1. The van der Waals surface area contributed by atoms with E-state index in [9.17, 15) is 22.8 Å². The summed E-state index contributed by atoms with van der Waals surface area (Å²) in [5, 5.41) is 6.16. The highest BCUT2D eigenvalue weighted by atomic mass is 35.5. The molecule has 1 unspecified atom stereocenters. The van der Waals surface area contributed by atoms with E-state index in [0.717, 1.165) is 12.7 Å². The zero-order chi connectivity index (χ0) is 31.5. The molecule has 0 radical (unpaired) electrons. The number of hydrogen-bond donors (Lipinski definition) is 3. The van der Waals surface area contributed by atoms with Crippen molar-refractivity contribution < 1.29 is 27.5 Å². The topological polar surface area (TPSA) is 151 Å². The zero-order valence-electron chi connectivity index (χ0n) is 24.4. The van der Waals surface area contributed by atoms with Crippen molar-refractivity contribution >= 4 is 62.0 Å². The van der Waals surface area contributed by atoms with Gasteiger partial charge in [0.2, 0.25) is 0 Å². The van der Waals surface area contributed by atoms with Gasteiger partial charge in [-0.25, -0.2) is 18.2 Å². The Morgan fingerprint density at radius 3 is 2.58 bits per heavy atom. The molecule has 4 rings (SSSR count). The van der Waals surface area contributed by atoms with E-state index in [4.69, 9.17) is 27.9 Å². The molecule has 2 heterocycles. The SMILES string of the molecule is CC(C)(C)OC(=O)NCC1CCCN1C(=O)c1ccc(C(=O)N[C@@H](CCS(C)(=O)=O)c2nc3ccc(Cl)cc3[nH]2)cc1Cl. The van der Waals surface area contributed by atoms with Gasteiger partial charge in [0.25, 0.3) is 11.8 Å². The second-order valence-corrected chi connectivity index (χ2v) is 14.7. The number of carbonyl (C=O) groups excluding carboxylic acids is 3. The van der Waals surface area contributed by atoms with Crippen LogP contribution in [0.1, 0.15) is 72.6 Å². The molecule has 1 saturated heterocycles. The number of rotatable bonds is 9. The first-order chi connectivity index (χ1) is 20.1. The Bertz CT molecular complexity index is 1640. The summed E-state index contributed by atoms with van der Waals surface area (Å²) in [6.07, 6.45) is 2.13. The van der Waals surface area contributed by atoms with Gasteiger partial charge in [-0.15, -0.1) is 0 Å². The molecule has 14 heteroatoms. The number of H-pyrrole nitrogens is 1. The largest absolute Gasteiger partial charge is 0.444 e. The van der Waals surface area contributed by atoms with Crippen molar-refractivity contribution in [2.75, 3.05) is 25.1 Å².